The van der Waals surface area contributed by atoms with Gasteiger partial charge in [-0.2, -0.15) is 0 Å². The summed E-state index contributed by atoms with van der Waals surface area (Å²) in [7, 11) is 0. The first-order valence-corrected chi connectivity index (χ1v) is 10.7. The predicted octanol–water partition coefficient (Wildman–Crippen LogP) is 1.66. The van der Waals surface area contributed by atoms with Gasteiger partial charge in [0, 0.05) is 51.6 Å². The summed E-state index contributed by atoms with van der Waals surface area (Å²) < 4.78 is 11.1. The predicted molar refractivity (Wildman–Crippen MR) is 112 cm³/mol. The molecule has 1 unspecified atom stereocenters. The van der Waals surface area contributed by atoms with Crippen LogP contribution in [0, 0.1) is 0 Å². The third kappa shape index (κ3) is 6.06. The van der Waals surface area contributed by atoms with Gasteiger partial charge in [0.1, 0.15) is 6.10 Å². The van der Waals surface area contributed by atoms with Crippen molar-refractivity contribution in [2.24, 2.45) is 4.99 Å². The molecule has 1 atom stereocenters. The van der Waals surface area contributed by atoms with Gasteiger partial charge in [-0.1, -0.05) is 13.0 Å². The lowest BCUT2D eigenvalue weighted by Crippen LogP contribution is -2.55. The molecule has 2 aliphatic rings. The first-order chi connectivity index (χ1) is 14.2. The van der Waals surface area contributed by atoms with Crippen LogP contribution in [0.5, 0.6) is 5.88 Å². The average Bonchev–Trinajstić information content (AvgIpc) is 3.30. The first-order valence-electron chi connectivity index (χ1n) is 10.7. The molecule has 0 aromatic carbocycles. The third-order valence-electron chi connectivity index (χ3n) is 5.09. The molecular formula is C21H33N5O3. The van der Waals surface area contributed by atoms with E-state index < -0.39 is 0 Å². The standard InChI is InChI=1S/C21H33N5O3/c1-3-13-29-19-8-7-17(15-23-19)16-24-21(22-4-2)26-11-9-25(10-12-26)20(27)18-6-5-14-28-18/h7-8,15,18H,3-6,9-14,16H2,1-2H3,(H,22,24). The van der Waals surface area contributed by atoms with E-state index in [1.807, 2.05) is 23.2 Å². The fourth-order valence-corrected chi connectivity index (χ4v) is 3.50. The van der Waals surface area contributed by atoms with Crippen LogP contribution in [0.3, 0.4) is 0 Å². The molecule has 29 heavy (non-hydrogen) atoms. The molecule has 0 saturated carbocycles. The highest BCUT2D eigenvalue weighted by atomic mass is 16.5. The Labute approximate surface area is 173 Å². The third-order valence-corrected chi connectivity index (χ3v) is 5.09. The number of rotatable bonds is 7. The second-order valence-corrected chi connectivity index (χ2v) is 7.34. The maximum atomic E-state index is 12.5. The molecule has 3 rings (SSSR count). The Hall–Kier alpha value is -2.35. The molecule has 2 aliphatic heterocycles. The van der Waals surface area contributed by atoms with E-state index in [0.717, 1.165) is 50.4 Å². The van der Waals surface area contributed by atoms with Crippen LogP contribution in [0.15, 0.2) is 23.3 Å². The SMILES string of the molecule is CCCOc1ccc(CN=C(NCC)N2CCN(C(=O)C3CCCO3)CC2)cn1. The minimum absolute atomic E-state index is 0.139. The summed E-state index contributed by atoms with van der Waals surface area (Å²) in [6, 6.07) is 3.90. The fraction of sp³-hybridized carbons (Fsp3) is 0.667. The smallest absolute Gasteiger partial charge is 0.251 e. The number of pyridine rings is 1. The molecular weight excluding hydrogens is 370 g/mol. The minimum Gasteiger partial charge on any atom is -0.478 e. The van der Waals surface area contributed by atoms with Crippen LogP contribution in [0.2, 0.25) is 0 Å². The second-order valence-electron chi connectivity index (χ2n) is 7.34. The number of hydrogen-bond acceptors (Lipinski definition) is 5. The molecule has 0 spiro atoms. The largest absolute Gasteiger partial charge is 0.478 e. The first kappa shape index (κ1) is 21.4. The van der Waals surface area contributed by atoms with E-state index in [1.54, 1.807) is 0 Å². The van der Waals surface area contributed by atoms with Crippen molar-refractivity contribution in [3.05, 3.63) is 23.9 Å². The van der Waals surface area contributed by atoms with Crippen LogP contribution in [0.4, 0.5) is 0 Å². The number of nitrogens with one attached hydrogen (secondary N) is 1. The van der Waals surface area contributed by atoms with E-state index in [-0.39, 0.29) is 12.0 Å². The molecule has 8 heteroatoms. The second kappa shape index (κ2) is 11.0. The number of guanidine groups is 1. The molecule has 3 heterocycles. The zero-order valence-electron chi connectivity index (χ0n) is 17.6. The molecule has 0 bridgehead atoms. The maximum Gasteiger partial charge on any atom is 0.251 e. The Kier molecular flexibility index (Phi) is 8.10. The number of piperazine rings is 1. The van der Waals surface area contributed by atoms with Crippen LogP contribution in [0.1, 0.15) is 38.7 Å². The van der Waals surface area contributed by atoms with Crippen LogP contribution < -0.4 is 10.1 Å². The summed E-state index contributed by atoms with van der Waals surface area (Å²) in [5, 5.41) is 3.36. The van der Waals surface area contributed by atoms with Crippen molar-refractivity contribution in [1.29, 1.82) is 0 Å². The van der Waals surface area contributed by atoms with Crippen LogP contribution in [-0.4, -0.2) is 78.7 Å². The number of carbonyl (C=O) groups is 1. The van der Waals surface area contributed by atoms with Gasteiger partial charge >= 0.3 is 0 Å². The topological polar surface area (TPSA) is 79.3 Å². The van der Waals surface area contributed by atoms with E-state index >= 15 is 0 Å². The highest BCUT2D eigenvalue weighted by molar-refractivity contribution is 5.82. The van der Waals surface area contributed by atoms with Crippen molar-refractivity contribution in [1.82, 2.24) is 20.1 Å². The number of nitrogens with zero attached hydrogens (tertiary/aromatic N) is 4. The van der Waals surface area contributed by atoms with Gasteiger partial charge in [-0.15, -0.1) is 0 Å². The summed E-state index contributed by atoms with van der Waals surface area (Å²) in [5.41, 5.74) is 1.04. The Bertz CT molecular complexity index is 665. The lowest BCUT2D eigenvalue weighted by atomic mass is 10.2. The van der Waals surface area contributed by atoms with Crippen molar-refractivity contribution in [3.63, 3.8) is 0 Å². The summed E-state index contributed by atoms with van der Waals surface area (Å²) in [5.74, 6) is 1.67. The Morgan fingerprint density at radius 2 is 2.07 bits per heavy atom. The zero-order valence-corrected chi connectivity index (χ0v) is 17.6. The normalized spacial score (nSPS) is 20.1. The molecule has 160 valence electrons. The monoisotopic (exact) mass is 403 g/mol. The summed E-state index contributed by atoms with van der Waals surface area (Å²) in [4.78, 5) is 25.8. The van der Waals surface area contributed by atoms with Gasteiger partial charge in [0.2, 0.25) is 5.88 Å². The van der Waals surface area contributed by atoms with Crippen molar-refractivity contribution in [2.45, 2.75) is 45.8 Å². The molecule has 1 aromatic rings. The van der Waals surface area contributed by atoms with Gasteiger partial charge in [-0.05, 0) is 31.7 Å². The summed E-state index contributed by atoms with van der Waals surface area (Å²) in [6.45, 7) is 9.82. The van der Waals surface area contributed by atoms with Crippen molar-refractivity contribution < 1.29 is 14.3 Å². The van der Waals surface area contributed by atoms with Gasteiger partial charge in [0.05, 0.1) is 13.2 Å². The van der Waals surface area contributed by atoms with Crippen molar-refractivity contribution in [2.75, 3.05) is 45.9 Å². The molecule has 0 aliphatic carbocycles. The Balaban J connectivity index is 1.53. The summed E-state index contributed by atoms with van der Waals surface area (Å²) in [6.07, 6.45) is 4.37. The minimum atomic E-state index is -0.236. The highest BCUT2D eigenvalue weighted by Crippen LogP contribution is 2.16. The average molecular weight is 404 g/mol. The van der Waals surface area contributed by atoms with E-state index in [2.05, 4.69) is 29.0 Å². The van der Waals surface area contributed by atoms with E-state index in [4.69, 9.17) is 14.5 Å². The number of amides is 1. The van der Waals surface area contributed by atoms with Crippen LogP contribution in [-0.2, 0) is 16.1 Å². The zero-order chi connectivity index (χ0) is 20.5. The quantitative estimate of drug-likeness (QED) is 0.551. The van der Waals surface area contributed by atoms with Gasteiger partial charge in [-0.3, -0.25) is 4.79 Å². The molecule has 1 N–H and O–H groups in total. The summed E-state index contributed by atoms with van der Waals surface area (Å²) >= 11 is 0. The molecule has 1 aromatic heterocycles. The van der Waals surface area contributed by atoms with Gasteiger partial charge in [0.15, 0.2) is 5.96 Å². The number of carbonyl (C=O) groups excluding carboxylic acids is 1. The van der Waals surface area contributed by atoms with Crippen LogP contribution >= 0.6 is 0 Å². The fourth-order valence-electron chi connectivity index (χ4n) is 3.50. The van der Waals surface area contributed by atoms with E-state index in [0.29, 0.717) is 38.7 Å². The number of aliphatic imine (C=N–C) groups is 1. The Morgan fingerprint density at radius 1 is 1.28 bits per heavy atom. The number of ether oxygens (including phenoxy) is 2. The molecule has 2 fully saturated rings. The van der Waals surface area contributed by atoms with Gasteiger partial charge < -0.3 is 24.6 Å². The molecule has 0 radical (unpaired) electrons. The maximum absolute atomic E-state index is 12.5. The van der Waals surface area contributed by atoms with Gasteiger partial charge in [-0.25, -0.2) is 9.98 Å². The molecule has 8 nitrogen and oxygen atoms in total. The highest BCUT2D eigenvalue weighted by Gasteiger charge is 2.30. The number of aromatic nitrogens is 1. The van der Waals surface area contributed by atoms with E-state index in [1.165, 1.54) is 0 Å². The van der Waals surface area contributed by atoms with E-state index in [9.17, 15) is 4.79 Å². The Morgan fingerprint density at radius 3 is 2.69 bits per heavy atom. The van der Waals surface area contributed by atoms with Gasteiger partial charge in [0.25, 0.3) is 5.91 Å². The van der Waals surface area contributed by atoms with Crippen molar-refractivity contribution >= 4 is 11.9 Å². The van der Waals surface area contributed by atoms with Crippen molar-refractivity contribution in [3.8, 4) is 5.88 Å². The lowest BCUT2D eigenvalue weighted by Gasteiger charge is -2.37. The number of hydrogen-bond donors (Lipinski definition) is 1. The molecule has 2 saturated heterocycles. The molecule has 1 amide bonds. The van der Waals surface area contributed by atoms with Crippen LogP contribution in [0.25, 0.3) is 0 Å². The lowest BCUT2D eigenvalue weighted by molar-refractivity contribution is -0.142.